The summed E-state index contributed by atoms with van der Waals surface area (Å²) in [5.74, 6) is -0.140. The fourth-order valence-electron chi connectivity index (χ4n) is 2.85. The van der Waals surface area contributed by atoms with Gasteiger partial charge >= 0.3 is 0 Å². The molecule has 0 radical (unpaired) electrons. The van der Waals surface area contributed by atoms with Gasteiger partial charge in [0.25, 0.3) is 0 Å². The first kappa shape index (κ1) is 14.5. The largest absolute Gasteiger partial charge is 0.506 e. The van der Waals surface area contributed by atoms with Crippen LogP contribution in [-0.4, -0.2) is 11.0 Å². The Morgan fingerprint density at radius 1 is 1.42 bits per heavy atom. The molecule has 0 heterocycles. The van der Waals surface area contributed by atoms with Gasteiger partial charge in [-0.1, -0.05) is 42.6 Å². The normalized spacial score (nSPS) is 27.2. The molecule has 1 aliphatic rings. The van der Waals surface area contributed by atoms with E-state index in [9.17, 15) is 9.90 Å². The molecule has 1 amide bonds. The Balaban J connectivity index is 2.33. The minimum atomic E-state index is -0.489. The summed E-state index contributed by atoms with van der Waals surface area (Å²) in [6, 6.07) is 3.32. The molecule has 0 aromatic heterocycles. The van der Waals surface area contributed by atoms with Gasteiger partial charge in [-0.25, -0.2) is 0 Å². The standard InChI is InChI=1S/C14H17Cl2NO2/c1-14(13(17)19)6-2-3-8(7-14)9-4-5-10(18)12(16)11(9)15/h4-5,8,18H,2-3,6-7H2,1H3,(H2,17,19). The Morgan fingerprint density at radius 3 is 2.74 bits per heavy atom. The maximum Gasteiger partial charge on any atom is 0.223 e. The second kappa shape index (κ2) is 5.22. The van der Waals surface area contributed by atoms with E-state index >= 15 is 0 Å². The van der Waals surface area contributed by atoms with Gasteiger partial charge < -0.3 is 10.8 Å². The lowest BCUT2D eigenvalue weighted by Gasteiger charge is -2.36. The molecule has 5 heteroatoms. The molecular weight excluding hydrogens is 285 g/mol. The average molecular weight is 302 g/mol. The molecule has 1 saturated carbocycles. The van der Waals surface area contributed by atoms with Crippen LogP contribution >= 0.6 is 23.2 Å². The quantitative estimate of drug-likeness (QED) is 0.871. The highest BCUT2D eigenvalue weighted by Gasteiger charge is 2.38. The zero-order valence-corrected chi connectivity index (χ0v) is 12.3. The Labute approximate surface area is 122 Å². The van der Waals surface area contributed by atoms with Crippen LogP contribution in [0.15, 0.2) is 12.1 Å². The highest BCUT2D eigenvalue weighted by Crippen LogP contribution is 2.47. The van der Waals surface area contributed by atoms with Gasteiger partial charge in [0.1, 0.15) is 10.8 Å². The van der Waals surface area contributed by atoms with Gasteiger partial charge in [0.2, 0.25) is 5.91 Å². The van der Waals surface area contributed by atoms with Crippen LogP contribution in [0.4, 0.5) is 0 Å². The number of primary amides is 1. The van der Waals surface area contributed by atoms with Crippen molar-refractivity contribution >= 4 is 29.1 Å². The Hall–Kier alpha value is -0.930. The van der Waals surface area contributed by atoms with E-state index in [0.717, 1.165) is 24.8 Å². The molecule has 1 aliphatic carbocycles. The molecular formula is C14H17Cl2NO2. The molecule has 0 saturated heterocycles. The van der Waals surface area contributed by atoms with Crippen LogP contribution in [0.25, 0.3) is 0 Å². The molecule has 1 fully saturated rings. The molecule has 1 aromatic rings. The second-order valence-corrected chi connectivity index (χ2v) is 6.28. The van der Waals surface area contributed by atoms with E-state index in [1.165, 1.54) is 0 Å². The van der Waals surface area contributed by atoms with E-state index in [0.29, 0.717) is 11.4 Å². The number of aromatic hydroxyl groups is 1. The van der Waals surface area contributed by atoms with E-state index < -0.39 is 5.41 Å². The summed E-state index contributed by atoms with van der Waals surface area (Å²) in [5.41, 5.74) is 5.89. The number of carbonyl (C=O) groups is 1. The highest BCUT2D eigenvalue weighted by atomic mass is 35.5. The van der Waals surface area contributed by atoms with Crippen LogP contribution in [-0.2, 0) is 4.79 Å². The molecule has 0 bridgehead atoms. The summed E-state index contributed by atoms with van der Waals surface area (Å²) in [6.45, 7) is 1.90. The van der Waals surface area contributed by atoms with Gasteiger partial charge in [-0.15, -0.1) is 0 Å². The maximum absolute atomic E-state index is 11.6. The van der Waals surface area contributed by atoms with Gasteiger partial charge in [-0.05, 0) is 36.8 Å². The minimum absolute atomic E-state index is 0.0242. The van der Waals surface area contributed by atoms with Crippen molar-refractivity contribution in [1.29, 1.82) is 0 Å². The van der Waals surface area contributed by atoms with Crippen LogP contribution in [0.2, 0.25) is 10.0 Å². The summed E-state index contributed by atoms with van der Waals surface area (Å²) in [6.07, 6.45) is 3.36. The number of hydrogen-bond donors (Lipinski definition) is 2. The number of nitrogens with two attached hydrogens (primary N) is 1. The summed E-state index contributed by atoms with van der Waals surface area (Å²) in [4.78, 5) is 11.6. The second-order valence-electron chi connectivity index (χ2n) is 5.52. The van der Waals surface area contributed by atoms with Crippen LogP contribution < -0.4 is 5.73 Å². The molecule has 3 N–H and O–H groups in total. The van der Waals surface area contributed by atoms with Gasteiger partial charge in [0, 0.05) is 5.41 Å². The minimum Gasteiger partial charge on any atom is -0.506 e. The number of rotatable bonds is 2. The van der Waals surface area contributed by atoms with E-state index in [1.807, 2.05) is 6.92 Å². The number of benzene rings is 1. The fourth-order valence-corrected chi connectivity index (χ4v) is 3.33. The lowest BCUT2D eigenvalue weighted by Crippen LogP contribution is -2.38. The van der Waals surface area contributed by atoms with Gasteiger partial charge in [-0.2, -0.15) is 0 Å². The molecule has 3 nitrogen and oxygen atoms in total. The van der Waals surface area contributed by atoms with E-state index in [2.05, 4.69) is 0 Å². The predicted octanol–water partition coefficient (Wildman–Crippen LogP) is 3.85. The van der Waals surface area contributed by atoms with Crippen LogP contribution in [0.3, 0.4) is 0 Å². The zero-order valence-electron chi connectivity index (χ0n) is 10.7. The fraction of sp³-hybridized carbons (Fsp3) is 0.500. The smallest absolute Gasteiger partial charge is 0.223 e. The number of phenolic OH excluding ortho intramolecular Hbond substituents is 1. The van der Waals surface area contributed by atoms with Crippen molar-refractivity contribution in [2.45, 2.75) is 38.5 Å². The Kier molecular flexibility index (Phi) is 3.98. The first-order valence-electron chi connectivity index (χ1n) is 6.32. The number of halogens is 2. The van der Waals surface area contributed by atoms with Gasteiger partial charge in [0.15, 0.2) is 0 Å². The number of amides is 1. The molecule has 19 heavy (non-hydrogen) atoms. The summed E-state index contributed by atoms with van der Waals surface area (Å²) in [7, 11) is 0. The van der Waals surface area contributed by atoms with Crippen LogP contribution in [0.1, 0.15) is 44.1 Å². The molecule has 2 atom stereocenters. The van der Waals surface area contributed by atoms with Crippen molar-refractivity contribution in [2.75, 3.05) is 0 Å². The third-order valence-corrected chi connectivity index (χ3v) is 4.99. The van der Waals surface area contributed by atoms with Crippen LogP contribution in [0, 0.1) is 5.41 Å². The van der Waals surface area contributed by atoms with Crippen molar-refractivity contribution in [3.8, 4) is 5.75 Å². The van der Waals surface area contributed by atoms with Crippen molar-refractivity contribution < 1.29 is 9.90 Å². The highest BCUT2D eigenvalue weighted by molar-refractivity contribution is 6.43. The summed E-state index contributed by atoms with van der Waals surface area (Å²) in [5, 5.41) is 10.1. The number of hydrogen-bond acceptors (Lipinski definition) is 2. The SMILES string of the molecule is CC1(C(N)=O)CCCC(c2ccc(O)c(Cl)c2Cl)C1. The first-order chi connectivity index (χ1) is 8.85. The lowest BCUT2D eigenvalue weighted by molar-refractivity contribution is -0.128. The van der Waals surface area contributed by atoms with Crippen molar-refractivity contribution in [1.82, 2.24) is 0 Å². The van der Waals surface area contributed by atoms with Crippen molar-refractivity contribution in [3.05, 3.63) is 27.7 Å². The average Bonchev–Trinajstić information content (AvgIpc) is 2.36. The van der Waals surface area contributed by atoms with E-state index in [1.54, 1.807) is 12.1 Å². The first-order valence-corrected chi connectivity index (χ1v) is 7.07. The van der Waals surface area contributed by atoms with Crippen molar-refractivity contribution in [3.63, 3.8) is 0 Å². The molecule has 2 unspecified atom stereocenters. The zero-order chi connectivity index (χ0) is 14.2. The van der Waals surface area contributed by atoms with Gasteiger partial charge in [0.05, 0.1) is 5.02 Å². The van der Waals surface area contributed by atoms with Crippen LogP contribution in [0.5, 0.6) is 5.75 Å². The third kappa shape index (κ3) is 2.67. The Morgan fingerprint density at radius 2 is 2.11 bits per heavy atom. The monoisotopic (exact) mass is 301 g/mol. The topological polar surface area (TPSA) is 63.3 Å². The van der Waals surface area contributed by atoms with E-state index in [4.69, 9.17) is 28.9 Å². The molecule has 0 spiro atoms. The molecule has 0 aliphatic heterocycles. The lowest BCUT2D eigenvalue weighted by atomic mass is 9.68. The number of phenols is 1. The molecule has 104 valence electrons. The third-order valence-electron chi connectivity index (χ3n) is 4.10. The maximum atomic E-state index is 11.6. The number of carbonyl (C=O) groups excluding carboxylic acids is 1. The summed E-state index contributed by atoms with van der Waals surface area (Å²) >= 11 is 12.2. The summed E-state index contributed by atoms with van der Waals surface area (Å²) < 4.78 is 0. The van der Waals surface area contributed by atoms with Crippen molar-refractivity contribution in [2.24, 2.45) is 11.1 Å². The Bertz CT molecular complexity index is 518. The molecule has 1 aromatic carbocycles. The predicted molar refractivity (Wildman–Crippen MR) is 76.6 cm³/mol. The molecule has 2 rings (SSSR count). The van der Waals surface area contributed by atoms with E-state index in [-0.39, 0.29) is 22.6 Å². The van der Waals surface area contributed by atoms with Gasteiger partial charge in [-0.3, -0.25) is 4.79 Å².